The van der Waals surface area contributed by atoms with E-state index < -0.39 is 5.97 Å². The second-order valence-corrected chi connectivity index (χ2v) is 6.74. The maximum Gasteiger partial charge on any atom is 0.328 e. The Morgan fingerprint density at radius 2 is 1.58 bits per heavy atom. The number of aromatic hydroxyl groups is 1. The van der Waals surface area contributed by atoms with Gasteiger partial charge < -0.3 is 10.2 Å². The number of carbonyl (C=O) groups is 1. The number of aliphatic carboxylic acids is 1. The van der Waals surface area contributed by atoms with E-state index in [2.05, 4.69) is 0 Å². The average Bonchev–Trinajstić information content (AvgIpc) is 2.91. The van der Waals surface area contributed by atoms with Crippen molar-refractivity contribution < 1.29 is 15.0 Å². The molecule has 0 aliphatic heterocycles. The molecule has 1 aliphatic rings. The summed E-state index contributed by atoms with van der Waals surface area (Å²) in [5.74, 6) is -0.676. The maximum absolute atomic E-state index is 10.7. The van der Waals surface area contributed by atoms with Gasteiger partial charge in [0.15, 0.2) is 0 Å². The minimum atomic E-state index is -0.949. The number of phenolic OH excluding ortho intramolecular Hbond substituents is 1. The Labute approximate surface area is 154 Å². The quantitative estimate of drug-likeness (QED) is 0.555. The number of phenols is 1. The molecule has 0 saturated heterocycles. The zero-order chi connectivity index (χ0) is 18.4. The maximum atomic E-state index is 10.7. The molecule has 0 heterocycles. The van der Waals surface area contributed by atoms with Crippen molar-refractivity contribution in [2.24, 2.45) is 0 Å². The molecule has 1 aliphatic carbocycles. The third-order valence-electron chi connectivity index (χ3n) is 4.81. The summed E-state index contributed by atoms with van der Waals surface area (Å²) in [7, 11) is 0. The first kappa shape index (κ1) is 18.0. The van der Waals surface area contributed by atoms with Crippen LogP contribution in [0.2, 0.25) is 0 Å². The SMILES string of the molecule is O=C(O)C=Cc1ccc(C(=C2CCCCCC2)c2cccc(O)c2)cc1. The fourth-order valence-electron chi connectivity index (χ4n) is 3.57. The first-order valence-corrected chi connectivity index (χ1v) is 9.16. The number of carboxylic acids is 1. The lowest BCUT2D eigenvalue weighted by Crippen LogP contribution is -1.95. The standard InChI is InChI=1S/C23H24O3/c24-21-9-5-8-20(16-21)23(18-6-3-1-2-4-7-18)19-13-10-17(11-14-19)12-15-22(25)26/h5,8-16,24H,1-4,6-7H2,(H,25,26). The van der Waals surface area contributed by atoms with E-state index >= 15 is 0 Å². The highest BCUT2D eigenvalue weighted by molar-refractivity contribution is 5.86. The predicted molar refractivity (Wildman–Crippen MR) is 105 cm³/mol. The van der Waals surface area contributed by atoms with Gasteiger partial charge in [-0.25, -0.2) is 4.79 Å². The number of hydrogen-bond acceptors (Lipinski definition) is 2. The minimum Gasteiger partial charge on any atom is -0.508 e. The van der Waals surface area contributed by atoms with E-state index in [1.807, 2.05) is 42.5 Å². The van der Waals surface area contributed by atoms with Crippen LogP contribution in [0.15, 0.2) is 60.2 Å². The van der Waals surface area contributed by atoms with Crippen LogP contribution in [0.25, 0.3) is 11.6 Å². The highest BCUT2D eigenvalue weighted by Crippen LogP contribution is 2.35. The molecule has 2 aromatic rings. The van der Waals surface area contributed by atoms with Gasteiger partial charge in [-0.3, -0.25) is 0 Å². The van der Waals surface area contributed by atoms with Gasteiger partial charge in [-0.15, -0.1) is 0 Å². The molecule has 1 saturated carbocycles. The number of allylic oxidation sites excluding steroid dienone is 1. The predicted octanol–water partition coefficient (Wildman–Crippen LogP) is 5.65. The van der Waals surface area contributed by atoms with Crippen molar-refractivity contribution in [3.05, 3.63) is 76.9 Å². The number of rotatable bonds is 4. The average molecular weight is 348 g/mol. The molecule has 3 rings (SSSR count). The van der Waals surface area contributed by atoms with E-state index in [9.17, 15) is 9.90 Å². The largest absolute Gasteiger partial charge is 0.508 e. The molecule has 2 N–H and O–H groups in total. The van der Waals surface area contributed by atoms with Crippen LogP contribution in [-0.4, -0.2) is 16.2 Å². The number of hydrogen-bond donors (Lipinski definition) is 2. The third kappa shape index (κ3) is 4.63. The lowest BCUT2D eigenvalue weighted by atomic mass is 9.89. The molecule has 3 heteroatoms. The van der Waals surface area contributed by atoms with E-state index in [1.165, 1.54) is 36.8 Å². The number of benzene rings is 2. The summed E-state index contributed by atoms with van der Waals surface area (Å²) >= 11 is 0. The molecule has 0 radical (unpaired) electrons. The van der Waals surface area contributed by atoms with Crippen molar-refractivity contribution >= 4 is 17.6 Å². The van der Waals surface area contributed by atoms with E-state index in [-0.39, 0.29) is 5.75 Å². The Morgan fingerprint density at radius 1 is 0.885 bits per heavy atom. The fourth-order valence-corrected chi connectivity index (χ4v) is 3.57. The van der Waals surface area contributed by atoms with Crippen LogP contribution in [0.5, 0.6) is 5.75 Å². The Kier molecular flexibility index (Phi) is 5.90. The van der Waals surface area contributed by atoms with Crippen molar-refractivity contribution in [3.63, 3.8) is 0 Å². The summed E-state index contributed by atoms with van der Waals surface area (Å²) in [5, 5.41) is 18.7. The van der Waals surface area contributed by atoms with Crippen molar-refractivity contribution in [2.75, 3.05) is 0 Å². The smallest absolute Gasteiger partial charge is 0.328 e. The fraction of sp³-hybridized carbons (Fsp3) is 0.261. The summed E-state index contributed by atoms with van der Waals surface area (Å²) < 4.78 is 0. The molecule has 0 amide bonds. The van der Waals surface area contributed by atoms with E-state index in [0.717, 1.165) is 35.6 Å². The highest BCUT2D eigenvalue weighted by Gasteiger charge is 2.14. The molecule has 0 bridgehead atoms. The zero-order valence-corrected chi connectivity index (χ0v) is 14.8. The van der Waals surface area contributed by atoms with Crippen molar-refractivity contribution in [2.45, 2.75) is 38.5 Å². The van der Waals surface area contributed by atoms with Gasteiger partial charge in [0, 0.05) is 6.08 Å². The van der Waals surface area contributed by atoms with E-state index in [0.29, 0.717) is 0 Å². The van der Waals surface area contributed by atoms with Crippen LogP contribution in [-0.2, 0) is 4.79 Å². The number of carboxylic acid groups (broad SMARTS) is 1. The van der Waals surface area contributed by atoms with Gasteiger partial charge in [-0.05, 0) is 66.2 Å². The monoisotopic (exact) mass is 348 g/mol. The second-order valence-electron chi connectivity index (χ2n) is 6.74. The molecule has 2 aromatic carbocycles. The molecule has 134 valence electrons. The Bertz CT molecular complexity index is 819. The lowest BCUT2D eigenvalue weighted by Gasteiger charge is -2.16. The summed E-state index contributed by atoms with van der Waals surface area (Å²) in [6, 6.07) is 15.4. The highest BCUT2D eigenvalue weighted by atomic mass is 16.4. The zero-order valence-electron chi connectivity index (χ0n) is 14.8. The van der Waals surface area contributed by atoms with Crippen molar-refractivity contribution in [3.8, 4) is 5.75 Å². The van der Waals surface area contributed by atoms with Crippen LogP contribution in [0.1, 0.15) is 55.2 Å². The molecule has 0 aromatic heterocycles. The van der Waals surface area contributed by atoms with Gasteiger partial charge >= 0.3 is 5.97 Å². The van der Waals surface area contributed by atoms with Gasteiger partial charge in [-0.2, -0.15) is 0 Å². The minimum absolute atomic E-state index is 0.273. The molecule has 26 heavy (non-hydrogen) atoms. The van der Waals surface area contributed by atoms with E-state index in [4.69, 9.17) is 5.11 Å². The Balaban J connectivity index is 2.03. The van der Waals surface area contributed by atoms with Crippen molar-refractivity contribution in [1.29, 1.82) is 0 Å². The topological polar surface area (TPSA) is 57.5 Å². The summed E-state index contributed by atoms with van der Waals surface area (Å²) in [6.07, 6.45) is 9.88. The third-order valence-corrected chi connectivity index (χ3v) is 4.81. The summed E-state index contributed by atoms with van der Waals surface area (Å²) in [6.45, 7) is 0. The summed E-state index contributed by atoms with van der Waals surface area (Å²) in [5.41, 5.74) is 5.66. The van der Waals surface area contributed by atoms with E-state index in [1.54, 1.807) is 12.1 Å². The lowest BCUT2D eigenvalue weighted by molar-refractivity contribution is -0.131. The molecule has 1 fully saturated rings. The van der Waals surface area contributed by atoms with Crippen molar-refractivity contribution in [1.82, 2.24) is 0 Å². The molecule has 0 spiro atoms. The van der Waals surface area contributed by atoms with Gasteiger partial charge in [0.25, 0.3) is 0 Å². The van der Waals surface area contributed by atoms with Crippen LogP contribution >= 0.6 is 0 Å². The van der Waals surface area contributed by atoms with Crippen LogP contribution in [0.4, 0.5) is 0 Å². The van der Waals surface area contributed by atoms with Crippen LogP contribution in [0, 0.1) is 0 Å². The molecular weight excluding hydrogens is 324 g/mol. The molecule has 0 atom stereocenters. The van der Waals surface area contributed by atoms with Gasteiger partial charge in [0.1, 0.15) is 5.75 Å². The summed E-state index contributed by atoms with van der Waals surface area (Å²) in [4.78, 5) is 10.7. The van der Waals surface area contributed by atoms with Gasteiger partial charge in [-0.1, -0.05) is 54.8 Å². The van der Waals surface area contributed by atoms with Crippen LogP contribution in [0.3, 0.4) is 0 Å². The van der Waals surface area contributed by atoms with Gasteiger partial charge in [0.05, 0.1) is 0 Å². The molecule has 3 nitrogen and oxygen atoms in total. The second kappa shape index (κ2) is 8.52. The Hall–Kier alpha value is -2.81. The molecule has 0 unspecified atom stereocenters. The van der Waals surface area contributed by atoms with Gasteiger partial charge in [0.2, 0.25) is 0 Å². The first-order chi connectivity index (χ1) is 12.6. The normalized spacial score (nSPS) is 15.0. The molecular formula is C23H24O3. The first-order valence-electron chi connectivity index (χ1n) is 9.16. The Morgan fingerprint density at radius 3 is 2.19 bits per heavy atom. The van der Waals surface area contributed by atoms with Crippen LogP contribution < -0.4 is 0 Å².